The molecule has 2 aromatic rings. The molecule has 8 nitrogen and oxygen atoms in total. The quantitative estimate of drug-likeness (QED) is 0.585. The third-order valence-electron chi connectivity index (χ3n) is 7.51. The molecule has 3 aliphatic heterocycles. The van der Waals surface area contributed by atoms with Crippen LogP contribution in [-0.2, 0) is 16.4 Å². The molecule has 196 valence electrons. The van der Waals surface area contributed by atoms with Crippen LogP contribution in [0.4, 0.5) is 30.5 Å². The number of carbonyl (C=O) groups is 1. The summed E-state index contributed by atoms with van der Waals surface area (Å²) in [7, 11) is 0. The monoisotopic (exact) mass is 531 g/mol. The lowest BCUT2D eigenvalue weighted by Gasteiger charge is -2.46. The highest BCUT2D eigenvalue weighted by atomic mass is 32.2. The number of piperazine rings is 1. The molecule has 2 saturated heterocycles. The fourth-order valence-electron chi connectivity index (χ4n) is 5.42. The van der Waals surface area contributed by atoms with E-state index in [4.69, 9.17) is 0 Å². The molecule has 0 bridgehead atoms. The van der Waals surface area contributed by atoms with E-state index in [0.29, 0.717) is 37.7 Å². The number of aromatic nitrogens is 3. The highest BCUT2D eigenvalue weighted by Gasteiger charge is 2.46. The summed E-state index contributed by atoms with van der Waals surface area (Å²) in [6.07, 6.45) is -1.21. The van der Waals surface area contributed by atoms with E-state index in [-0.39, 0.29) is 16.7 Å². The fourth-order valence-corrected chi connectivity index (χ4v) is 6.48. The number of alkyl halides is 3. The molecule has 0 N–H and O–H groups in total. The average Bonchev–Trinajstić information content (AvgIpc) is 3.12. The second-order valence-electron chi connectivity index (χ2n) is 10.7. The van der Waals surface area contributed by atoms with E-state index in [9.17, 15) is 23.2 Å². The van der Waals surface area contributed by atoms with Crippen LogP contribution in [0.15, 0.2) is 18.6 Å². The molecular formula is C25H28F3N7OS. The number of halogens is 3. The molecule has 12 heteroatoms. The van der Waals surface area contributed by atoms with Crippen LogP contribution >= 0.6 is 11.8 Å². The molecule has 3 aliphatic rings. The van der Waals surface area contributed by atoms with E-state index in [1.54, 1.807) is 22.7 Å². The predicted molar refractivity (Wildman–Crippen MR) is 135 cm³/mol. The summed E-state index contributed by atoms with van der Waals surface area (Å²) in [5, 5.41) is 9.35. The molecule has 2 fully saturated rings. The number of thioether (sulfide) groups is 1. The van der Waals surface area contributed by atoms with E-state index < -0.39 is 22.8 Å². The smallest absolute Gasteiger partial charge is 0.352 e. The van der Waals surface area contributed by atoms with E-state index in [1.807, 2.05) is 32.6 Å². The molecule has 37 heavy (non-hydrogen) atoms. The maximum atomic E-state index is 13.3. The first-order chi connectivity index (χ1) is 17.4. The lowest BCUT2D eigenvalue weighted by atomic mass is 9.87. The molecule has 2 atom stereocenters. The molecule has 1 amide bonds. The van der Waals surface area contributed by atoms with Crippen molar-refractivity contribution in [3.8, 4) is 6.07 Å². The van der Waals surface area contributed by atoms with Gasteiger partial charge in [-0.2, -0.15) is 18.4 Å². The second-order valence-corrected chi connectivity index (χ2v) is 12.3. The minimum absolute atomic E-state index is 0.00260. The van der Waals surface area contributed by atoms with Crippen molar-refractivity contribution in [1.29, 1.82) is 5.26 Å². The summed E-state index contributed by atoms with van der Waals surface area (Å²) < 4.78 is 39.5. The van der Waals surface area contributed by atoms with E-state index in [2.05, 4.69) is 19.9 Å². The Bertz CT molecular complexity index is 1290. The van der Waals surface area contributed by atoms with Gasteiger partial charge in [0.15, 0.2) is 5.69 Å². The maximum Gasteiger partial charge on any atom is 0.434 e. The molecule has 2 unspecified atom stereocenters. The minimum Gasteiger partial charge on any atom is -0.352 e. The summed E-state index contributed by atoms with van der Waals surface area (Å²) in [5.41, 5.74) is -0.888. The summed E-state index contributed by atoms with van der Waals surface area (Å²) in [6.45, 7) is 10.4. The van der Waals surface area contributed by atoms with Gasteiger partial charge in [-0.15, -0.1) is 11.8 Å². The molecule has 5 rings (SSSR count). The first-order valence-corrected chi connectivity index (χ1v) is 13.1. The highest BCUT2D eigenvalue weighted by Crippen LogP contribution is 2.47. The van der Waals surface area contributed by atoms with Crippen molar-refractivity contribution in [2.45, 2.75) is 56.5 Å². The van der Waals surface area contributed by atoms with Gasteiger partial charge in [-0.1, -0.05) is 13.8 Å². The van der Waals surface area contributed by atoms with Gasteiger partial charge in [-0.05, 0) is 32.1 Å². The van der Waals surface area contributed by atoms with Gasteiger partial charge < -0.3 is 14.7 Å². The normalized spacial score (nSPS) is 24.9. The van der Waals surface area contributed by atoms with Gasteiger partial charge >= 0.3 is 6.18 Å². The van der Waals surface area contributed by atoms with Gasteiger partial charge in [0, 0.05) is 43.2 Å². The second kappa shape index (κ2) is 8.75. The number of nitriles is 1. The Balaban J connectivity index is 1.45. The molecular weight excluding hydrogens is 503 g/mol. The van der Waals surface area contributed by atoms with Crippen molar-refractivity contribution in [3.05, 3.63) is 35.4 Å². The number of rotatable bonds is 3. The van der Waals surface area contributed by atoms with Crippen LogP contribution in [-0.4, -0.2) is 68.5 Å². The summed E-state index contributed by atoms with van der Waals surface area (Å²) in [6, 6.07) is 2.85. The molecule has 0 spiro atoms. The molecule has 0 aromatic carbocycles. The van der Waals surface area contributed by atoms with Crippen LogP contribution in [0, 0.1) is 11.3 Å². The first kappa shape index (κ1) is 25.6. The topological polar surface area (TPSA) is 89.2 Å². The molecule has 0 saturated carbocycles. The lowest BCUT2D eigenvalue weighted by Crippen LogP contribution is -2.60. The fraction of sp³-hybridized carbons (Fsp3) is 0.560. The number of fused-ring (bicyclic) bond motifs is 1. The summed E-state index contributed by atoms with van der Waals surface area (Å²) >= 11 is 1.71. The Morgan fingerprint density at radius 1 is 1.19 bits per heavy atom. The number of nitrogens with zero attached hydrogens (tertiary/aromatic N) is 7. The maximum absolute atomic E-state index is 13.3. The number of anilines is 3. The van der Waals surface area contributed by atoms with Gasteiger partial charge in [0.1, 0.15) is 24.0 Å². The third kappa shape index (κ3) is 4.27. The van der Waals surface area contributed by atoms with Gasteiger partial charge in [-0.3, -0.25) is 4.79 Å². The zero-order valence-electron chi connectivity index (χ0n) is 21.1. The number of pyridine rings is 1. The van der Waals surface area contributed by atoms with E-state index in [1.165, 1.54) is 12.4 Å². The van der Waals surface area contributed by atoms with Crippen LogP contribution < -0.4 is 9.80 Å². The van der Waals surface area contributed by atoms with Gasteiger partial charge in [-0.25, -0.2) is 15.0 Å². The zero-order valence-corrected chi connectivity index (χ0v) is 21.9. The van der Waals surface area contributed by atoms with Crippen LogP contribution in [0.3, 0.4) is 0 Å². The van der Waals surface area contributed by atoms with Crippen LogP contribution in [0.25, 0.3) is 0 Å². The van der Waals surface area contributed by atoms with E-state index in [0.717, 1.165) is 29.8 Å². The van der Waals surface area contributed by atoms with Crippen molar-refractivity contribution >= 4 is 35.0 Å². The Kier molecular flexibility index (Phi) is 6.05. The van der Waals surface area contributed by atoms with Crippen LogP contribution in [0.2, 0.25) is 0 Å². The largest absolute Gasteiger partial charge is 0.434 e. The van der Waals surface area contributed by atoms with Crippen LogP contribution in [0.5, 0.6) is 0 Å². The molecule has 0 aliphatic carbocycles. The van der Waals surface area contributed by atoms with Crippen molar-refractivity contribution in [1.82, 2.24) is 19.9 Å². The van der Waals surface area contributed by atoms with Crippen molar-refractivity contribution in [2.75, 3.05) is 41.7 Å². The number of hydrogen-bond acceptors (Lipinski definition) is 8. The number of amides is 1. The van der Waals surface area contributed by atoms with Gasteiger partial charge in [0.25, 0.3) is 0 Å². The standard InChI is InChI=1S/C25H28F3N7OS/c1-15-12-33(6-7-34(15)22(36)24(4)5-8-37-24)20-18-21(32-14-31-20)35(13-23(18,2)3)17-9-16(10-29)19(30-11-17)25(26,27)28/h9,11,14-15H,5-8,12-13H2,1-4H3. The van der Waals surface area contributed by atoms with Crippen LogP contribution in [0.1, 0.15) is 50.9 Å². The molecule has 5 heterocycles. The Morgan fingerprint density at radius 2 is 1.89 bits per heavy atom. The van der Waals surface area contributed by atoms with Crippen molar-refractivity contribution < 1.29 is 18.0 Å². The Labute approximate surface area is 217 Å². The molecule has 0 radical (unpaired) electrons. The molecule has 2 aromatic heterocycles. The highest BCUT2D eigenvalue weighted by molar-refractivity contribution is 8.02. The minimum atomic E-state index is -4.71. The predicted octanol–water partition coefficient (Wildman–Crippen LogP) is 4.12. The summed E-state index contributed by atoms with van der Waals surface area (Å²) in [4.78, 5) is 31.8. The number of carbonyl (C=O) groups excluding carboxylic acids is 1. The SMILES string of the molecule is CC1CN(c2ncnc3c2C(C)(C)CN3c2cnc(C(F)(F)F)c(C#N)c2)CCN1C(=O)C1(C)CCS1. The Morgan fingerprint density at radius 3 is 2.49 bits per heavy atom. The summed E-state index contributed by atoms with van der Waals surface area (Å²) in [5.74, 6) is 2.56. The number of hydrogen-bond donors (Lipinski definition) is 0. The van der Waals surface area contributed by atoms with Crippen molar-refractivity contribution in [3.63, 3.8) is 0 Å². The van der Waals surface area contributed by atoms with E-state index >= 15 is 0 Å². The third-order valence-corrected chi connectivity index (χ3v) is 8.93. The lowest BCUT2D eigenvalue weighted by molar-refractivity contribution is -0.141. The zero-order chi connectivity index (χ0) is 26.8. The van der Waals surface area contributed by atoms with Gasteiger partial charge in [0.2, 0.25) is 5.91 Å². The first-order valence-electron chi connectivity index (χ1n) is 12.2. The average molecular weight is 532 g/mol. The van der Waals surface area contributed by atoms with Crippen molar-refractivity contribution in [2.24, 2.45) is 0 Å². The van der Waals surface area contributed by atoms with Gasteiger partial charge in [0.05, 0.1) is 22.2 Å². The Hall–Kier alpha value is -3.07.